The van der Waals surface area contributed by atoms with Gasteiger partial charge in [0.15, 0.2) is 17.1 Å². The lowest BCUT2D eigenvalue weighted by Crippen LogP contribution is -2.35. The summed E-state index contributed by atoms with van der Waals surface area (Å²) in [7, 11) is 1.55. The minimum Gasteiger partial charge on any atom is -0.493 e. The fourth-order valence-electron chi connectivity index (χ4n) is 1.17. The molecule has 0 bridgehead atoms. The second-order valence-corrected chi connectivity index (χ2v) is 4.38. The number of methoxy groups -OCH3 is 1. The van der Waals surface area contributed by atoms with E-state index in [1.54, 1.807) is 27.0 Å². The van der Waals surface area contributed by atoms with Crippen molar-refractivity contribution in [3.63, 3.8) is 0 Å². The minimum absolute atomic E-state index is 0.507. The average Bonchev–Trinajstić information content (AvgIpc) is 2.20. The van der Waals surface area contributed by atoms with Crippen molar-refractivity contribution in [1.29, 1.82) is 0 Å². The lowest BCUT2D eigenvalue weighted by atomic mass is 10.1. The van der Waals surface area contributed by atoms with E-state index < -0.39 is 10.8 Å². The van der Waals surface area contributed by atoms with Gasteiger partial charge in [-0.3, -0.25) is 4.79 Å². The molecule has 0 heterocycles. The molecular formula is C12H15ClO3. The molecular weight excluding hydrogens is 228 g/mol. The Labute approximate surface area is 100 Å². The van der Waals surface area contributed by atoms with Gasteiger partial charge >= 0.3 is 0 Å². The predicted octanol–water partition coefficient (Wildman–Crippen LogP) is 2.93. The lowest BCUT2D eigenvalue weighted by Gasteiger charge is -2.23. The summed E-state index contributed by atoms with van der Waals surface area (Å²) in [6, 6.07) is 5.48. The van der Waals surface area contributed by atoms with Crippen molar-refractivity contribution in [2.24, 2.45) is 0 Å². The smallest absolute Gasteiger partial charge is 0.264 e. The molecule has 0 saturated carbocycles. The Morgan fingerprint density at radius 2 is 1.94 bits per heavy atom. The maximum absolute atomic E-state index is 11.1. The van der Waals surface area contributed by atoms with E-state index in [2.05, 4.69) is 0 Å². The predicted molar refractivity (Wildman–Crippen MR) is 63.3 cm³/mol. The summed E-state index contributed by atoms with van der Waals surface area (Å²) < 4.78 is 10.7. The van der Waals surface area contributed by atoms with Crippen LogP contribution >= 0.6 is 11.6 Å². The third-order valence-electron chi connectivity index (χ3n) is 2.16. The molecule has 1 aromatic rings. The number of rotatable bonds is 4. The maximum atomic E-state index is 11.1. The van der Waals surface area contributed by atoms with Crippen molar-refractivity contribution in [3.05, 3.63) is 23.8 Å². The van der Waals surface area contributed by atoms with E-state index in [-0.39, 0.29) is 0 Å². The molecule has 0 spiro atoms. The third-order valence-corrected chi connectivity index (χ3v) is 2.61. The fraction of sp³-hybridized carbons (Fsp3) is 0.417. The molecule has 0 aliphatic rings. The molecule has 4 heteroatoms. The quantitative estimate of drug-likeness (QED) is 0.762. The van der Waals surface area contributed by atoms with E-state index in [0.29, 0.717) is 11.5 Å². The van der Waals surface area contributed by atoms with Crippen molar-refractivity contribution < 1.29 is 14.3 Å². The molecule has 0 N–H and O–H groups in total. The Kier molecular flexibility index (Phi) is 3.81. The number of carbonyl (C=O) groups is 1. The fourth-order valence-corrected chi connectivity index (χ4v) is 1.21. The van der Waals surface area contributed by atoms with E-state index >= 15 is 0 Å². The van der Waals surface area contributed by atoms with Crippen LogP contribution in [-0.4, -0.2) is 18.0 Å². The Morgan fingerprint density at radius 3 is 2.44 bits per heavy atom. The number of hydrogen-bond acceptors (Lipinski definition) is 3. The highest BCUT2D eigenvalue weighted by Gasteiger charge is 2.29. The van der Waals surface area contributed by atoms with Gasteiger partial charge in [-0.2, -0.15) is 0 Å². The summed E-state index contributed by atoms with van der Waals surface area (Å²) >= 11 is 5.44. The highest BCUT2D eigenvalue weighted by molar-refractivity contribution is 6.65. The molecule has 1 rings (SSSR count). The SMILES string of the molecule is COc1cc(C)ccc1OC(C)(C)C(=O)Cl. The molecule has 0 aromatic heterocycles. The van der Waals surface area contributed by atoms with Gasteiger partial charge in [-0.15, -0.1) is 0 Å². The van der Waals surface area contributed by atoms with Crippen molar-refractivity contribution in [2.45, 2.75) is 26.4 Å². The molecule has 0 aliphatic heterocycles. The minimum atomic E-state index is -1.07. The zero-order valence-electron chi connectivity index (χ0n) is 9.83. The summed E-state index contributed by atoms with van der Waals surface area (Å²) in [6.07, 6.45) is 0. The first kappa shape index (κ1) is 12.8. The van der Waals surface area contributed by atoms with Crippen LogP contribution in [0.5, 0.6) is 11.5 Å². The summed E-state index contributed by atoms with van der Waals surface area (Å²) in [5, 5.41) is -0.546. The van der Waals surface area contributed by atoms with Crippen LogP contribution in [0.3, 0.4) is 0 Å². The highest BCUT2D eigenvalue weighted by atomic mass is 35.5. The number of hydrogen-bond donors (Lipinski definition) is 0. The zero-order valence-corrected chi connectivity index (χ0v) is 10.6. The van der Waals surface area contributed by atoms with Crippen molar-refractivity contribution in [1.82, 2.24) is 0 Å². The Bertz CT molecular complexity index is 399. The molecule has 88 valence electrons. The first-order valence-corrected chi connectivity index (χ1v) is 5.28. The van der Waals surface area contributed by atoms with Crippen LogP contribution < -0.4 is 9.47 Å². The largest absolute Gasteiger partial charge is 0.493 e. The molecule has 16 heavy (non-hydrogen) atoms. The first-order valence-electron chi connectivity index (χ1n) is 4.90. The van der Waals surface area contributed by atoms with Crippen LogP contribution in [0, 0.1) is 6.92 Å². The van der Waals surface area contributed by atoms with Crippen molar-refractivity contribution in [2.75, 3.05) is 7.11 Å². The third kappa shape index (κ3) is 2.89. The standard InChI is InChI=1S/C12H15ClO3/c1-8-5-6-9(10(7-8)15-4)16-12(2,3)11(13)14/h5-7H,1-4H3. The van der Waals surface area contributed by atoms with Crippen LogP contribution in [0.15, 0.2) is 18.2 Å². The molecule has 1 aromatic carbocycles. The van der Waals surface area contributed by atoms with Crippen LogP contribution in [0.1, 0.15) is 19.4 Å². The molecule has 0 unspecified atom stereocenters. The lowest BCUT2D eigenvalue weighted by molar-refractivity contribution is -0.123. The van der Waals surface area contributed by atoms with Crippen molar-refractivity contribution in [3.8, 4) is 11.5 Å². The van der Waals surface area contributed by atoms with Crippen LogP contribution in [0.4, 0.5) is 0 Å². The number of carbonyl (C=O) groups excluding carboxylic acids is 1. The van der Waals surface area contributed by atoms with Gasteiger partial charge in [-0.25, -0.2) is 0 Å². The van der Waals surface area contributed by atoms with Gasteiger partial charge in [0, 0.05) is 0 Å². The summed E-state index contributed by atoms with van der Waals surface area (Å²) in [5.74, 6) is 1.10. The summed E-state index contributed by atoms with van der Waals surface area (Å²) in [6.45, 7) is 5.17. The Morgan fingerprint density at radius 1 is 1.31 bits per heavy atom. The monoisotopic (exact) mass is 242 g/mol. The zero-order chi connectivity index (χ0) is 12.3. The molecule has 0 amide bonds. The second kappa shape index (κ2) is 4.74. The van der Waals surface area contributed by atoms with E-state index in [1.165, 1.54) is 0 Å². The topological polar surface area (TPSA) is 35.5 Å². The van der Waals surface area contributed by atoms with E-state index in [1.807, 2.05) is 19.1 Å². The Balaban J connectivity index is 3.01. The van der Waals surface area contributed by atoms with Gasteiger partial charge in [-0.05, 0) is 50.1 Å². The maximum Gasteiger partial charge on any atom is 0.264 e. The number of halogens is 1. The number of aryl methyl sites for hydroxylation is 1. The molecule has 3 nitrogen and oxygen atoms in total. The molecule has 0 fully saturated rings. The number of ether oxygens (including phenoxy) is 2. The summed E-state index contributed by atoms with van der Waals surface area (Å²) in [4.78, 5) is 11.1. The van der Waals surface area contributed by atoms with Crippen LogP contribution in [0.25, 0.3) is 0 Å². The van der Waals surface area contributed by atoms with Gasteiger partial charge in [0.1, 0.15) is 0 Å². The van der Waals surface area contributed by atoms with E-state index in [0.717, 1.165) is 5.56 Å². The molecule has 0 saturated heterocycles. The number of benzene rings is 1. The van der Waals surface area contributed by atoms with Gasteiger partial charge in [0.25, 0.3) is 5.24 Å². The van der Waals surface area contributed by atoms with Crippen molar-refractivity contribution >= 4 is 16.8 Å². The van der Waals surface area contributed by atoms with Gasteiger partial charge in [0.2, 0.25) is 0 Å². The normalized spacial score (nSPS) is 11.1. The van der Waals surface area contributed by atoms with Crippen LogP contribution in [0.2, 0.25) is 0 Å². The molecule has 0 aliphatic carbocycles. The highest BCUT2D eigenvalue weighted by Crippen LogP contribution is 2.31. The average molecular weight is 243 g/mol. The Hall–Kier alpha value is -1.22. The van der Waals surface area contributed by atoms with Gasteiger partial charge < -0.3 is 9.47 Å². The second-order valence-electron chi connectivity index (χ2n) is 4.04. The molecule has 0 atom stereocenters. The van der Waals surface area contributed by atoms with E-state index in [9.17, 15) is 4.79 Å². The van der Waals surface area contributed by atoms with Gasteiger partial charge in [0.05, 0.1) is 7.11 Å². The first-order chi connectivity index (χ1) is 7.36. The summed E-state index contributed by atoms with van der Waals surface area (Å²) in [5.41, 5.74) is -0.0106. The van der Waals surface area contributed by atoms with Gasteiger partial charge in [-0.1, -0.05) is 6.07 Å². The molecule has 0 radical (unpaired) electrons. The van der Waals surface area contributed by atoms with E-state index in [4.69, 9.17) is 21.1 Å². The van der Waals surface area contributed by atoms with Crippen LogP contribution in [-0.2, 0) is 4.79 Å².